The molecule has 2 heterocycles. The van der Waals surface area contributed by atoms with Crippen LogP contribution in [-0.2, 0) is 14.8 Å². The van der Waals surface area contributed by atoms with Gasteiger partial charge in [0.2, 0.25) is 5.91 Å². The molecule has 9 heteroatoms. The van der Waals surface area contributed by atoms with Gasteiger partial charge >= 0.3 is 0 Å². The van der Waals surface area contributed by atoms with E-state index in [1.807, 2.05) is 0 Å². The lowest BCUT2D eigenvalue weighted by Gasteiger charge is -2.22. The number of anilines is 1. The third-order valence-corrected chi connectivity index (χ3v) is 5.55. The molecule has 1 unspecified atom stereocenters. The average molecular weight is 314 g/mol. The number of likely N-dealkylation sites (N-methyl/N-ethyl adjacent to an activating group) is 1. The predicted octanol–water partition coefficient (Wildman–Crippen LogP) is -0.0274. The third-order valence-electron chi connectivity index (χ3n) is 3.53. The number of aryl methyl sites for hydroxylation is 1. The minimum absolute atomic E-state index is 0.104. The maximum absolute atomic E-state index is 12.6. The van der Waals surface area contributed by atoms with E-state index < -0.39 is 16.1 Å². The zero-order valence-electron chi connectivity index (χ0n) is 11.9. The van der Waals surface area contributed by atoms with Gasteiger partial charge in [0.05, 0.1) is 0 Å². The maximum Gasteiger partial charge on any atom is 0.250 e. The number of nitrogens with two attached hydrogens (primary N) is 1. The van der Waals surface area contributed by atoms with E-state index in [1.165, 1.54) is 14.0 Å². The van der Waals surface area contributed by atoms with Crippen molar-refractivity contribution in [3.05, 3.63) is 18.4 Å². The second-order valence-corrected chi connectivity index (χ2v) is 6.79. The van der Waals surface area contributed by atoms with E-state index in [9.17, 15) is 13.2 Å². The quantitative estimate of drug-likeness (QED) is 0.764. The summed E-state index contributed by atoms with van der Waals surface area (Å²) >= 11 is 0. The molecule has 0 radical (unpaired) electrons. The monoisotopic (exact) mass is 314 g/mol. The van der Waals surface area contributed by atoms with Crippen LogP contribution in [0.25, 0.3) is 0 Å². The number of carbonyl (C=O) groups is 1. The lowest BCUT2D eigenvalue weighted by Crippen LogP contribution is -2.43. The number of nitrogen functional groups attached to an aromatic ring is 1. The second kappa shape index (κ2) is 5.49. The summed E-state index contributed by atoms with van der Waals surface area (Å²) in [6, 6.07) is -0.747. The number of likely N-dealkylation sites (tertiary alicyclic amines) is 1. The van der Waals surface area contributed by atoms with Crippen LogP contribution >= 0.6 is 0 Å². The molecular weight excluding hydrogens is 296 g/mol. The standard InChI is InChI=1S/C12H18N4O4S/c1-4-6-16-7-5-9(12(16)17)15(3)21(18,19)10-8(2)20-14-11(10)13/h4,9H,1,5-7H2,2-3H3,(H2,13,14). The highest BCUT2D eigenvalue weighted by Gasteiger charge is 2.41. The largest absolute Gasteiger partial charge is 0.380 e. The Morgan fingerprint density at radius 2 is 2.29 bits per heavy atom. The SMILES string of the molecule is C=CCN1CCC(N(C)S(=O)(=O)c2c(N)noc2C)C1=O. The summed E-state index contributed by atoms with van der Waals surface area (Å²) in [6.45, 7) is 5.94. The maximum atomic E-state index is 12.6. The van der Waals surface area contributed by atoms with E-state index in [-0.39, 0.29) is 22.4 Å². The molecule has 1 saturated heterocycles. The van der Waals surface area contributed by atoms with Crippen LogP contribution in [0, 0.1) is 6.92 Å². The van der Waals surface area contributed by atoms with Gasteiger partial charge in [-0.05, 0) is 13.3 Å². The Kier molecular flexibility index (Phi) is 4.06. The van der Waals surface area contributed by atoms with Crippen LogP contribution in [0.5, 0.6) is 0 Å². The van der Waals surface area contributed by atoms with Crippen molar-refractivity contribution in [2.45, 2.75) is 24.3 Å². The minimum atomic E-state index is -3.93. The number of carbonyl (C=O) groups excluding carboxylic acids is 1. The summed E-state index contributed by atoms with van der Waals surface area (Å²) in [5, 5.41) is 3.44. The number of hydrogen-bond acceptors (Lipinski definition) is 6. The molecule has 0 bridgehead atoms. The molecule has 0 saturated carbocycles. The average Bonchev–Trinajstić information content (AvgIpc) is 2.94. The Labute approximate surface area is 123 Å². The van der Waals surface area contributed by atoms with E-state index in [1.54, 1.807) is 11.0 Å². The normalized spacial score (nSPS) is 19.5. The van der Waals surface area contributed by atoms with Gasteiger partial charge in [0.25, 0.3) is 10.0 Å². The molecule has 2 rings (SSSR count). The summed E-state index contributed by atoms with van der Waals surface area (Å²) in [4.78, 5) is 13.6. The summed E-state index contributed by atoms with van der Waals surface area (Å²) < 4.78 is 31.0. The predicted molar refractivity (Wildman–Crippen MR) is 75.8 cm³/mol. The number of sulfonamides is 1. The zero-order chi connectivity index (χ0) is 15.8. The molecule has 21 heavy (non-hydrogen) atoms. The zero-order valence-corrected chi connectivity index (χ0v) is 12.8. The van der Waals surface area contributed by atoms with Crippen molar-refractivity contribution in [1.29, 1.82) is 0 Å². The summed E-state index contributed by atoms with van der Waals surface area (Å²) in [6.07, 6.45) is 2.03. The summed E-state index contributed by atoms with van der Waals surface area (Å²) in [5.41, 5.74) is 5.55. The van der Waals surface area contributed by atoms with Crippen LogP contribution in [-0.4, -0.2) is 54.9 Å². The molecule has 0 aromatic carbocycles. The van der Waals surface area contributed by atoms with Crippen molar-refractivity contribution in [3.63, 3.8) is 0 Å². The highest BCUT2D eigenvalue weighted by Crippen LogP contribution is 2.28. The van der Waals surface area contributed by atoms with E-state index in [2.05, 4.69) is 11.7 Å². The molecule has 1 fully saturated rings. The third kappa shape index (κ3) is 2.54. The summed E-state index contributed by atoms with van der Waals surface area (Å²) in [7, 11) is -2.57. The molecule has 1 aliphatic rings. The van der Waals surface area contributed by atoms with E-state index in [0.717, 1.165) is 4.31 Å². The molecule has 1 aromatic heterocycles. The molecule has 1 aromatic rings. The molecule has 1 amide bonds. The van der Waals surface area contributed by atoms with Crippen molar-refractivity contribution in [3.8, 4) is 0 Å². The lowest BCUT2D eigenvalue weighted by molar-refractivity contribution is -0.130. The second-order valence-electron chi connectivity index (χ2n) is 4.85. The first-order valence-electron chi connectivity index (χ1n) is 6.40. The molecular formula is C12H18N4O4S. The van der Waals surface area contributed by atoms with Gasteiger partial charge in [0.15, 0.2) is 16.5 Å². The van der Waals surface area contributed by atoms with E-state index >= 15 is 0 Å². The number of amides is 1. The molecule has 0 spiro atoms. The first kappa shape index (κ1) is 15.5. The molecule has 8 nitrogen and oxygen atoms in total. The fraction of sp³-hybridized carbons (Fsp3) is 0.500. The Morgan fingerprint density at radius 3 is 2.81 bits per heavy atom. The van der Waals surface area contributed by atoms with Gasteiger partial charge in [0.1, 0.15) is 6.04 Å². The fourth-order valence-corrected chi connectivity index (χ4v) is 3.92. The first-order chi connectivity index (χ1) is 9.80. The van der Waals surface area contributed by atoms with E-state index in [0.29, 0.717) is 19.5 Å². The number of hydrogen-bond donors (Lipinski definition) is 1. The van der Waals surface area contributed by atoms with Crippen LogP contribution in [0.3, 0.4) is 0 Å². The molecule has 0 aliphatic carbocycles. The van der Waals surface area contributed by atoms with Crippen molar-refractivity contribution in [2.24, 2.45) is 0 Å². The Balaban J connectivity index is 2.30. The molecule has 2 N–H and O–H groups in total. The molecule has 116 valence electrons. The van der Waals surface area contributed by atoms with Crippen molar-refractivity contribution in [1.82, 2.24) is 14.4 Å². The lowest BCUT2D eigenvalue weighted by atomic mass is 10.2. The molecule has 1 aliphatic heterocycles. The topological polar surface area (TPSA) is 110 Å². The van der Waals surface area contributed by atoms with Gasteiger partial charge in [-0.15, -0.1) is 6.58 Å². The minimum Gasteiger partial charge on any atom is -0.380 e. The van der Waals surface area contributed by atoms with Gasteiger partial charge in [-0.1, -0.05) is 11.2 Å². The Bertz CT molecular complexity index is 647. The van der Waals surface area contributed by atoms with Crippen molar-refractivity contribution < 1.29 is 17.7 Å². The van der Waals surface area contributed by atoms with Gasteiger partial charge in [-0.25, -0.2) is 8.42 Å². The fourth-order valence-electron chi connectivity index (χ4n) is 2.40. The van der Waals surface area contributed by atoms with Gasteiger partial charge in [0, 0.05) is 20.1 Å². The highest BCUT2D eigenvalue weighted by atomic mass is 32.2. The number of rotatable bonds is 5. The Morgan fingerprint density at radius 1 is 1.62 bits per heavy atom. The van der Waals surface area contributed by atoms with Gasteiger partial charge in [-0.3, -0.25) is 4.79 Å². The van der Waals surface area contributed by atoms with Gasteiger partial charge in [-0.2, -0.15) is 4.31 Å². The highest BCUT2D eigenvalue weighted by molar-refractivity contribution is 7.89. The smallest absolute Gasteiger partial charge is 0.250 e. The van der Waals surface area contributed by atoms with Crippen LogP contribution in [0.1, 0.15) is 12.2 Å². The van der Waals surface area contributed by atoms with Crippen LogP contribution < -0.4 is 5.73 Å². The van der Waals surface area contributed by atoms with Gasteiger partial charge < -0.3 is 15.2 Å². The number of aromatic nitrogens is 1. The summed E-state index contributed by atoms with van der Waals surface area (Å²) in [5.74, 6) is -0.339. The van der Waals surface area contributed by atoms with Crippen LogP contribution in [0.2, 0.25) is 0 Å². The van der Waals surface area contributed by atoms with E-state index in [4.69, 9.17) is 10.3 Å². The Hall–Kier alpha value is -1.87. The van der Waals surface area contributed by atoms with Crippen LogP contribution in [0.15, 0.2) is 22.1 Å². The van der Waals surface area contributed by atoms with Crippen molar-refractivity contribution >= 4 is 21.7 Å². The van der Waals surface area contributed by atoms with Crippen LogP contribution in [0.4, 0.5) is 5.82 Å². The molecule has 1 atom stereocenters. The van der Waals surface area contributed by atoms with Crippen molar-refractivity contribution in [2.75, 3.05) is 25.9 Å². The number of nitrogens with zero attached hydrogens (tertiary/aromatic N) is 3. The first-order valence-corrected chi connectivity index (χ1v) is 7.84.